The average molecular weight is 169 g/mol. The first-order valence-corrected chi connectivity index (χ1v) is 3.67. The van der Waals surface area contributed by atoms with Gasteiger partial charge in [0.2, 0.25) is 0 Å². The molecule has 0 saturated carbocycles. The van der Waals surface area contributed by atoms with E-state index < -0.39 is 5.97 Å². The molecule has 5 heteroatoms. The van der Waals surface area contributed by atoms with Crippen LogP contribution in [0.15, 0.2) is 18.7 Å². The number of carbonyl (C=O) groups is 1. The Morgan fingerprint density at radius 2 is 2.50 bits per heavy atom. The van der Waals surface area contributed by atoms with Crippen molar-refractivity contribution in [2.24, 2.45) is 0 Å². The van der Waals surface area contributed by atoms with Crippen LogP contribution >= 0.6 is 0 Å². The third kappa shape index (κ3) is 3.16. The molecule has 1 aromatic rings. The first kappa shape index (κ1) is 8.73. The number of aliphatic carboxylic acids is 1. The van der Waals surface area contributed by atoms with Crippen LogP contribution < -0.4 is 5.32 Å². The molecule has 2 N–H and O–H groups in total. The SMILES string of the molecule is O=C(O)CNCCn1ccnc1. The van der Waals surface area contributed by atoms with Gasteiger partial charge in [0.1, 0.15) is 0 Å². The molecule has 66 valence electrons. The monoisotopic (exact) mass is 169 g/mol. The van der Waals surface area contributed by atoms with Gasteiger partial charge in [-0.05, 0) is 0 Å². The molecule has 0 aliphatic rings. The third-order valence-corrected chi connectivity index (χ3v) is 1.38. The standard InChI is InChI=1S/C7H11N3O2/c11-7(12)5-8-1-3-10-4-2-9-6-10/h2,4,6,8H,1,3,5H2,(H,11,12). The van der Waals surface area contributed by atoms with Crippen molar-refractivity contribution >= 4 is 5.97 Å². The molecule has 0 amide bonds. The molecule has 1 rings (SSSR count). The maximum absolute atomic E-state index is 10.1. The molecule has 1 aromatic heterocycles. The van der Waals surface area contributed by atoms with Crippen molar-refractivity contribution in [2.75, 3.05) is 13.1 Å². The number of hydrogen-bond donors (Lipinski definition) is 2. The molecular weight excluding hydrogens is 158 g/mol. The zero-order chi connectivity index (χ0) is 8.81. The Morgan fingerprint density at radius 3 is 3.08 bits per heavy atom. The fraction of sp³-hybridized carbons (Fsp3) is 0.429. The molecule has 1 heterocycles. The van der Waals surface area contributed by atoms with Gasteiger partial charge >= 0.3 is 5.97 Å². The first-order valence-electron chi connectivity index (χ1n) is 3.67. The normalized spacial score (nSPS) is 10.0. The average Bonchev–Trinajstić information content (AvgIpc) is 2.49. The van der Waals surface area contributed by atoms with E-state index in [0.717, 1.165) is 6.54 Å². The number of rotatable bonds is 5. The molecule has 5 nitrogen and oxygen atoms in total. The molecule has 0 atom stereocenters. The maximum Gasteiger partial charge on any atom is 0.317 e. The largest absolute Gasteiger partial charge is 0.480 e. The minimum atomic E-state index is -0.833. The zero-order valence-corrected chi connectivity index (χ0v) is 6.60. The molecule has 0 aliphatic heterocycles. The van der Waals surface area contributed by atoms with E-state index >= 15 is 0 Å². The lowest BCUT2D eigenvalue weighted by atomic mass is 10.5. The van der Waals surface area contributed by atoms with E-state index in [2.05, 4.69) is 10.3 Å². The van der Waals surface area contributed by atoms with E-state index in [0.29, 0.717) is 6.54 Å². The molecule has 0 bridgehead atoms. The predicted molar refractivity (Wildman–Crippen MR) is 42.7 cm³/mol. The van der Waals surface area contributed by atoms with Gasteiger partial charge in [-0.15, -0.1) is 0 Å². The third-order valence-electron chi connectivity index (χ3n) is 1.38. The van der Waals surface area contributed by atoms with Gasteiger partial charge in [-0.1, -0.05) is 0 Å². The van der Waals surface area contributed by atoms with Crippen LogP contribution in [0.25, 0.3) is 0 Å². The van der Waals surface area contributed by atoms with E-state index in [1.165, 1.54) is 0 Å². The highest BCUT2D eigenvalue weighted by Crippen LogP contribution is 1.82. The predicted octanol–water partition coefficient (Wildman–Crippen LogP) is -0.443. The van der Waals surface area contributed by atoms with Gasteiger partial charge in [0.25, 0.3) is 0 Å². The summed E-state index contributed by atoms with van der Waals surface area (Å²) in [6, 6.07) is 0. The van der Waals surface area contributed by atoms with Gasteiger partial charge in [0.15, 0.2) is 0 Å². The van der Waals surface area contributed by atoms with Crippen molar-refractivity contribution in [1.82, 2.24) is 14.9 Å². The van der Waals surface area contributed by atoms with E-state index in [4.69, 9.17) is 5.11 Å². The Morgan fingerprint density at radius 1 is 1.67 bits per heavy atom. The molecule has 0 aromatic carbocycles. The van der Waals surface area contributed by atoms with Crippen LogP contribution in [-0.2, 0) is 11.3 Å². The van der Waals surface area contributed by atoms with Crippen LogP contribution in [-0.4, -0.2) is 33.7 Å². The smallest absolute Gasteiger partial charge is 0.317 e. The summed E-state index contributed by atoms with van der Waals surface area (Å²) in [5, 5.41) is 11.1. The highest BCUT2D eigenvalue weighted by atomic mass is 16.4. The number of imidazole rings is 1. The van der Waals surface area contributed by atoms with Gasteiger partial charge in [0.05, 0.1) is 12.9 Å². The molecule has 0 spiro atoms. The lowest BCUT2D eigenvalue weighted by molar-refractivity contribution is -0.135. The van der Waals surface area contributed by atoms with Crippen molar-refractivity contribution in [2.45, 2.75) is 6.54 Å². The zero-order valence-electron chi connectivity index (χ0n) is 6.60. The molecule has 0 fully saturated rings. The molecular formula is C7H11N3O2. The van der Waals surface area contributed by atoms with E-state index in [1.54, 1.807) is 12.5 Å². The number of carboxylic acids is 1. The molecule has 0 saturated heterocycles. The van der Waals surface area contributed by atoms with Crippen LogP contribution in [0, 0.1) is 0 Å². The van der Waals surface area contributed by atoms with Crippen molar-refractivity contribution in [1.29, 1.82) is 0 Å². The lowest BCUT2D eigenvalue weighted by Gasteiger charge is -2.01. The van der Waals surface area contributed by atoms with Crippen molar-refractivity contribution in [3.05, 3.63) is 18.7 Å². The number of hydrogen-bond acceptors (Lipinski definition) is 3. The number of nitrogens with zero attached hydrogens (tertiary/aromatic N) is 2. The second-order valence-corrected chi connectivity index (χ2v) is 2.37. The number of nitrogens with one attached hydrogen (secondary N) is 1. The Labute approximate surface area is 70.0 Å². The molecule has 0 radical (unpaired) electrons. The quantitative estimate of drug-likeness (QED) is 0.586. The summed E-state index contributed by atoms with van der Waals surface area (Å²) in [5.41, 5.74) is 0. The summed E-state index contributed by atoms with van der Waals surface area (Å²) in [5.74, 6) is -0.833. The van der Waals surface area contributed by atoms with Crippen LogP contribution in [0.4, 0.5) is 0 Å². The minimum absolute atomic E-state index is 0.00863. The van der Waals surface area contributed by atoms with Crippen LogP contribution in [0.3, 0.4) is 0 Å². The van der Waals surface area contributed by atoms with E-state index in [1.807, 2.05) is 10.8 Å². The van der Waals surface area contributed by atoms with Crippen LogP contribution in [0.5, 0.6) is 0 Å². The second-order valence-electron chi connectivity index (χ2n) is 2.37. The highest BCUT2D eigenvalue weighted by Gasteiger charge is 1.94. The van der Waals surface area contributed by atoms with Gasteiger partial charge in [-0.3, -0.25) is 4.79 Å². The molecule has 0 aliphatic carbocycles. The summed E-state index contributed by atoms with van der Waals surface area (Å²) >= 11 is 0. The van der Waals surface area contributed by atoms with Gasteiger partial charge in [0, 0.05) is 25.5 Å². The first-order chi connectivity index (χ1) is 5.79. The van der Waals surface area contributed by atoms with Crippen LogP contribution in [0.2, 0.25) is 0 Å². The molecule has 0 unspecified atom stereocenters. The number of aromatic nitrogens is 2. The summed E-state index contributed by atoms with van der Waals surface area (Å²) in [6.07, 6.45) is 5.22. The maximum atomic E-state index is 10.1. The van der Waals surface area contributed by atoms with Gasteiger partial charge in [-0.25, -0.2) is 4.98 Å². The Kier molecular flexibility index (Phi) is 3.28. The fourth-order valence-corrected chi connectivity index (χ4v) is 0.822. The summed E-state index contributed by atoms with van der Waals surface area (Å²) in [6.45, 7) is 1.39. The number of carboxylic acid groups (broad SMARTS) is 1. The molecule has 12 heavy (non-hydrogen) atoms. The topological polar surface area (TPSA) is 67.2 Å². The van der Waals surface area contributed by atoms with E-state index in [9.17, 15) is 4.79 Å². The summed E-state index contributed by atoms with van der Waals surface area (Å²) < 4.78 is 1.88. The lowest BCUT2D eigenvalue weighted by Crippen LogP contribution is -2.25. The van der Waals surface area contributed by atoms with Crippen molar-refractivity contribution < 1.29 is 9.90 Å². The van der Waals surface area contributed by atoms with Crippen molar-refractivity contribution in [3.63, 3.8) is 0 Å². The summed E-state index contributed by atoms with van der Waals surface area (Å²) in [7, 11) is 0. The van der Waals surface area contributed by atoms with Gasteiger partial charge in [-0.2, -0.15) is 0 Å². The highest BCUT2D eigenvalue weighted by molar-refractivity contribution is 5.68. The Hall–Kier alpha value is -1.36. The minimum Gasteiger partial charge on any atom is -0.480 e. The Bertz CT molecular complexity index is 233. The Balaban J connectivity index is 2.07. The second kappa shape index (κ2) is 4.50. The van der Waals surface area contributed by atoms with Crippen LogP contribution in [0.1, 0.15) is 0 Å². The summed E-state index contributed by atoms with van der Waals surface area (Å²) in [4.78, 5) is 13.9. The van der Waals surface area contributed by atoms with E-state index in [-0.39, 0.29) is 6.54 Å². The van der Waals surface area contributed by atoms with Gasteiger partial charge < -0.3 is 15.0 Å². The van der Waals surface area contributed by atoms with Crippen molar-refractivity contribution in [3.8, 4) is 0 Å². The fourth-order valence-electron chi connectivity index (χ4n) is 0.822.